The van der Waals surface area contributed by atoms with Crippen molar-refractivity contribution >= 4 is 16.7 Å². The van der Waals surface area contributed by atoms with Crippen LogP contribution in [0.1, 0.15) is 45.1 Å². The van der Waals surface area contributed by atoms with Crippen LogP contribution in [0.25, 0.3) is 10.9 Å². The second-order valence-corrected chi connectivity index (χ2v) is 5.23. The van der Waals surface area contributed by atoms with Crippen LogP contribution in [0, 0.1) is 11.3 Å². The van der Waals surface area contributed by atoms with Crippen LogP contribution in [0.2, 0.25) is 0 Å². The number of hydrogen-bond acceptors (Lipinski definition) is 3. The molecular formula is C17H21N3. The smallest absolute Gasteiger partial charge is 0.128 e. The standard InChI is InChI=1S/C17H21N3/c1-3-4-5-8-13(2)19-17-11-14(12-18)15-9-6-7-10-16(15)20-17/h6-7,9-11,13H,3-5,8H2,1-2H3,(H,19,20). The lowest BCUT2D eigenvalue weighted by Gasteiger charge is -2.15. The number of nitrogens with one attached hydrogen (secondary N) is 1. The highest BCUT2D eigenvalue weighted by Crippen LogP contribution is 2.21. The lowest BCUT2D eigenvalue weighted by atomic mass is 10.1. The Morgan fingerprint density at radius 3 is 2.85 bits per heavy atom. The predicted octanol–water partition coefficient (Wildman–Crippen LogP) is 4.49. The molecule has 2 rings (SSSR count). The molecule has 2 aromatic rings. The summed E-state index contributed by atoms with van der Waals surface area (Å²) < 4.78 is 0. The Morgan fingerprint density at radius 1 is 1.30 bits per heavy atom. The second kappa shape index (κ2) is 6.91. The van der Waals surface area contributed by atoms with Crippen molar-refractivity contribution in [3.63, 3.8) is 0 Å². The number of rotatable bonds is 6. The summed E-state index contributed by atoms with van der Waals surface area (Å²) in [4.78, 5) is 4.59. The number of pyridine rings is 1. The van der Waals surface area contributed by atoms with Crippen molar-refractivity contribution in [3.8, 4) is 6.07 Å². The van der Waals surface area contributed by atoms with Crippen LogP contribution in [0.4, 0.5) is 5.82 Å². The van der Waals surface area contributed by atoms with Gasteiger partial charge in [0.05, 0.1) is 17.1 Å². The predicted molar refractivity (Wildman–Crippen MR) is 83.7 cm³/mol. The highest BCUT2D eigenvalue weighted by molar-refractivity contribution is 5.86. The number of aromatic nitrogens is 1. The Balaban J connectivity index is 2.16. The maximum Gasteiger partial charge on any atom is 0.128 e. The quantitative estimate of drug-likeness (QED) is 0.785. The van der Waals surface area contributed by atoms with Crippen LogP contribution in [0.5, 0.6) is 0 Å². The molecule has 0 aliphatic carbocycles. The van der Waals surface area contributed by atoms with E-state index < -0.39 is 0 Å². The maximum atomic E-state index is 9.26. The summed E-state index contributed by atoms with van der Waals surface area (Å²) in [6, 6.07) is 12.3. The monoisotopic (exact) mass is 267 g/mol. The number of fused-ring (bicyclic) bond motifs is 1. The fourth-order valence-corrected chi connectivity index (χ4v) is 2.37. The van der Waals surface area contributed by atoms with Gasteiger partial charge in [-0.1, -0.05) is 44.4 Å². The third-order valence-electron chi connectivity index (χ3n) is 3.47. The van der Waals surface area contributed by atoms with Crippen LogP contribution in [0.3, 0.4) is 0 Å². The lowest BCUT2D eigenvalue weighted by Crippen LogP contribution is -2.16. The molecule has 0 fully saturated rings. The molecule has 1 heterocycles. The van der Waals surface area contributed by atoms with Crippen LogP contribution < -0.4 is 5.32 Å². The molecule has 0 amide bonds. The summed E-state index contributed by atoms with van der Waals surface area (Å²) in [5.41, 5.74) is 1.55. The van der Waals surface area contributed by atoms with E-state index in [0.29, 0.717) is 11.6 Å². The van der Waals surface area contributed by atoms with E-state index >= 15 is 0 Å². The molecule has 1 N–H and O–H groups in total. The zero-order valence-corrected chi connectivity index (χ0v) is 12.2. The van der Waals surface area contributed by atoms with Gasteiger partial charge >= 0.3 is 0 Å². The van der Waals surface area contributed by atoms with Gasteiger partial charge in [0.1, 0.15) is 5.82 Å². The van der Waals surface area contributed by atoms with Gasteiger partial charge in [0, 0.05) is 11.4 Å². The first-order valence-corrected chi connectivity index (χ1v) is 7.31. The summed E-state index contributed by atoms with van der Waals surface area (Å²) in [5, 5.41) is 13.6. The van der Waals surface area contributed by atoms with Crippen molar-refractivity contribution in [2.45, 2.75) is 45.6 Å². The molecule has 1 unspecified atom stereocenters. The molecule has 3 nitrogen and oxygen atoms in total. The Morgan fingerprint density at radius 2 is 2.10 bits per heavy atom. The van der Waals surface area contributed by atoms with Crippen molar-refractivity contribution in [1.82, 2.24) is 4.98 Å². The average Bonchev–Trinajstić information content (AvgIpc) is 2.46. The van der Waals surface area contributed by atoms with Crippen molar-refractivity contribution in [3.05, 3.63) is 35.9 Å². The number of para-hydroxylation sites is 1. The van der Waals surface area contributed by atoms with Gasteiger partial charge in [-0.15, -0.1) is 0 Å². The number of nitrogens with zero attached hydrogens (tertiary/aromatic N) is 2. The molecule has 0 saturated heterocycles. The first-order valence-electron chi connectivity index (χ1n) is 7.31. The largest absolute Gasteiger partial charge is 0.368 e. The fourth-order valence-electron chi connectivity index (χ4n) is 2.37. The van der Waals surface area contributed by atoms with Crippen LogP contribution >= 0.6 is 0 Å². The van der Waals surface area contributed by atoms with Gasteiger partial charge in [0.2, 0.25) is 0 Å². The summed E-state index contributed by atoms with van der Waals surface area (Å²) in [7, 11) is 0. The Bertz CT molecular complexity index is 613. The first kappa shape index (κ1) is 14.3. The second-order valence-electron chi connectivity index (χ2n) is 5.23. The van der Waals surface area contributed by atoms with Crippen molar-refractivity contribution < 1.29 is 0 Å². The maximum absolute atomic E-state index is 9.26. The van der Waals surface area contributed by atoms with E-state index in [1.807, 2.05) is 30.3 Å². The lowest BCUT2D eigenvalue weighted by molar-refractivity contribution is 0.614. The number of benzene rings is 1. The summed E-state index contributed by atoms with van der Waals surface area (Å²) in [6.07, 6.45) is 4.85. The topological polar surface area (TPSA) is 48.7 Å². The van der Waals surface area contributed by atoms with E-state index in [2.05, 4.69) is 30.2 Å². The Kier molecular flexibility index (Phi) is 4.95. The first-order chi connectivity index (χ1) is 9.74. The summed E-state index contributed by atoms with van der Waals surface area (Å²) >= 11 is 0. The molecule has 104 valence electrons. The van der Waals surface area contributed by atoms with Crippen LogP contribution in [-0.2, 0) is 0 Å². The molecule has 3 heteroatoms. The minimum absolute atomic E-state index is 0.377. The van der Waals surface area contributed by atoms with Crippen molar-refractivity contribution in [2.24, 2.45) is 0 Å². The van der Waals surface area contributed by atoms with E-state index in [0.717, 1.165) is 23.1 Å². The van der Waals surface area contributed by atoms with E-state index in [1.54, 1.807) is 0 Å². The van der Waals surface area contributed by atoms with Crippen molar-refractivity contribution in [1.29, 1.82) is 5.26 Å². The molecule has 0 aliphatic rings. The SMILES string of the molecule is CCCCCC(C)Nc1cc(C#N)c2ccccc2n1. The Hall–Kier alpha value is -2.08. The van der Waals surface area contributed by atoms with Crippen LogP contribution in [0.15, 0.2) is 30.3 Å². The highest BCUT2D eigenvalue weighted by Gasteiger charge is 2.07. The highest BCUT2D eigenvalue weighted by atomic mass is 15.0. The van der Waals surface area contributed by atoms with Crippen molar-refractivity contribution in [2.75, 3.05) is 5.32 Å². The molecule has 0 bridgehead atoms. The molecule has 0 radical (unpaired) electrons. The van der Waals surface area contributed by atoms with Gasteiger partial charge in [-0.25, -0.2) is 4.98 Å². The van der Waals surface area contributed by atoms with Gasteiger partial charge in [-0.3, -0.25) is 0 Å². The van der Waals surface area contributed by atoms with Gasteiger partial charge in [-0.2, -0.15) is 5.26 Å². The van der Waals surface area contributed by atoms with E-state index in [9.17, 15) is 5.26 Å². The molecule has 1 atom stereocenters. The van der Waals surface area contributed by atoms with E-state index in [1.165, 1.54) is 19.3 Å². The van der Waals surface area contributed by atoms with Gasteiger partial charge < -0.3 is 5.32 Å². The molecule has 0 saturated carbocycles. The molecule has 1 aromatic carbocycles. The summed E-state index contributed by atoms with van der Waals surface area (Å²) in [6.45, 7) is 4.38. The minimum Gasteiger partial charge on any atom is -0.368 e. The summed E-state index contributed by atoms with van der Waals surface area (Å²) in [5.74, 6) is 0.796. The minimum atomic E-state index is 0.377. The number of hydrogen-bond donors (Lipinski definition) is 1. The van der Waals surface area contributed by atoms with Gasteiger partial charge in [0.15, 0.2) is 0 Å². The molecule has 20 heavy (non-hydrogen) atoms. The molecular weight excluding hydrogens is 246 g/mol. The zero-order valence-electron chi connectivity index (χ0n) is 12.2. The van der Waals surface area contributed by atoms with Crippen LogP contribution in [-0.4, -0.2) is 11.0 Å². The molecule has 1 aromatic heterocycles. The molecule has 0 aliphatic heterocycles. The number of unbranched alkanes of at least 4 members (excludes halogenated alkanes) is 2. The third-order valence-corrected chi connectivity index (χ3v) is 3.47. The number of anilines is 1. The third kappa shape index (κ3) is 3.48. The van der Waals surface area contributed by atoms with Gasteiger partial charge in [-0.05, 0) is 25.5 Å². The Labute approximate surface area is 120 Å². The fraction of sp³-hybridized carbons (Fsp3) is 0.412. The zero-order chi connectivity index (χ0) is 14.4. The number of nitriles is 1. The van der Waals surface area contributed by atoms with Gasteiger partial charge in [0.25, 0.3) is 0 Å². The molecule has 0 spiro atoms. The normalized spacial score (nSPS) is 12.1. The van der Waals surface area contributed by atoms with E-state index in [4.69, 9.17) is 0 Å². The van der Waals surface area contributed by atoms with E-state index in [-0.39, 0.29) is 0 Å². The average molecular weight is 267 g/mol.